The zero-order valence-corrected chi connectivity index (χ0v) is 23.2. The Hall–Kier alpha value is -4.85. The number of allylic oxidation sites excluding steroid dienone is 1. The molecule has 0 radical (unpaired) electrons. The number of carbonyl (C=O) groups excluding carboxylic acids is 1. The Morgan fingerprint density at radius 1 is 0.975 bits per heavy atom. The number of anilines is 1. The van der Waals surface area contributed by atoms with Gasteiger partial charge in [0.05, 0.1) is 45.2 Å². The van der Waals surface area contributed by atoms with E-state index in [1.807, 2.05) is 68.5 Å². The second kappa shape index (κ2) is 8.84. The summed E-state index contributed by atoms with van der Waals surface area (Å²) in [6, 6.07) is 15.6. The van der Waals surface area contributed by atoms with Crippen LogP contribution in [-0.4, -0.2) is 31.5 Å². The average Bonchev–Trinajstić information content (AvgIpc) is 3.42. The van der Waals surface area contributed by atoms with Gasteiger partial charge in [0.2, 0.25) is 0 Å². The van der Waals surface area contributed by atoms with Crippen molar-refractivity contribution < 1.29 is 19.7 Å². The Balaban J connectivity index is 1.51. The van der Waals surface area contributed by atoms with Gasteiger partial charge in [-0.2, -0.15) is 10.2 Å². The lowest BCUT2D eigenvalue weighted by molar-refractivity contribution is 0.0905. The summed E-state index contributed by atoms with van der Waals surface area (Å²) in [5, 5.41) is 31.6. The highest BCUT2D eigenvalue weighted by Gasteiger charge is 2.55. The number of fused-ring (bicyclic) bond motifs is 4. The first-order valence-electron chi connectivity index (χ1n) is 13.1. The third-order valence-corrected chi connectivity index (χ3v) is 7.93. The number of aryl methyl sites for hydroxylation is 3. The first-order chi connectivity index (χ1) is 19.0. The number of benzene rings is 3. The van der Waals surface area contributed by atoms with Crippen molar-refractivity contribution in [2.75, 3.05) is 5.43 Å². The Morgan fingerprint density at radius 2 is 1.60 bits per heavy atom. The molecular weight excluding hydrogens is 504 g/mol. The minimum absolute atomic E-state index is 0.155. The van der Waals surface area contributed by atoms with E-state index >= 15 is 0 Å². The van der Waals surface area contributed by atoms with Crippen LogP contribution in [-0.2, 0) is 5.41 Å². The van der Waals surface area contributed by atoms with Gasteiger partial charge in [0.25, 0.3) is 0 Å². The van der Waals surface area contributed by atoms with Crippen LogP contribution in [0.15, 0.2) is 59.4 Å². The SMILES string of the molecule is CC(=NNc1ccc(C)cc1)c1c(O)c(C)c(O)c2c1OC1=Cc3c(c(C)nn3-c3ccc(C)cc3)C(=O)C12C. The molecule has 0 saturated heterocycles. The molecule has 0 saturated carbocycles. The number of aromatic nitrogens is 2. The van der Waals surface area contributed by atoms with E-state index in [1.165, 1.54) is 0 Å². The maximum absolute atomic E-state index is 14.3. The minimum Gasteiger partial charge on any atom is -0.507 e. The molecule has 202 valence electrons. The van der Waals surface area contributed by atoms with Gasteiger partial charge >= 0.3 is 0 Å². The smallest absolute Gasteiger partial charge is 0.185 e. The summed E-state index contributed by atoms with van der Waals surface area (Å²) in [6.07, 6.45) is 1.81. The van der Waals surface area contributed by atoms with Crippen molar-refractivity contribution in [2.24, 2.45) is 5.10 Å². The summed E-state index contributed by atoms with van der Waals surface area (Å²) in [7, 11) is 0. The molecule has 0 fully saturated rings. The molecule has 1 aliphatic carbocycles. The quantitative estimate of drug-likeness (QED) is 0.211. The summed E-state index contributed by atoms with van der Waals surface area (Å²) < 4.78 is 8.11. The van der Waals surface area contributed by atoms with Gasteiger partial charge in [0, 0.05) is 11.6 Å². The van der Waals surface area contributed by atoms with Crippen LogP contribution in [0, 0.1) is 27.7 Å². The van der Waals surface area contributed by atoms with Crippen LogP contribution in [0.3, 0.4) is 0 Å². The van der Waals surface area contributed by atoms with Crippen LogP contribution < -0.4 is 10.2 Å². The van der Waals surface area contributed by atoms with Gasteiger partial charge < -0.3 is 14.9 Å². The van der Waals surface area contributed by atoms with Crippen LogP contribution in [0.1, 0.15) is 63.4 Å². The highest BCUT2D eigenvalue weighted by molar-refractivity contribution is 6.15. The van der Waals surface area contributed by atoms with Crippen molar-refractivity contribution in [1.82, 2.24) is 9.78 Å². The van der Waals surface area contributed by atoms with E-state index in [0.717, 1.165) is 22.5 Å². The van der Waals surface area contributed by atoms with Gasteiger partial charge in [0.15, 0.2) is 5.78 Å². The molecule has 8 heteroatoms. The fourth-order valence-electron chi connectivity index (χ4n) is 5.51. The summed E-state index contributed by atoms with van der Waals surface area (Å²) in [4.78, 5) is 14.3. The van der Waals surface area contributed by atoms with Crippen LogP contribution in [0.5, 0.6) is 17.2 Å². The predicted octanol–water partition coefficient (Wildman–Crippen LogP) is 6.24. The van der Waals surface area contributed by atoms with E-state index in [2.05, 4.69) is 15.6 Å². The number of rotatable bonds is 4. The van der Waals surface area contributed by atoms with E-state index in [4.69, 9.17) is 4.74 Å². The van der Waals surface area contributed by atoms with Crippen LogP contribution >= 0.6 is 0 Å². The molecule has 0 spiro atoms. The van der Waals surface area contributed by atoms with E-state index in [-0.39, 0.29) is 28.6 Å². The average molecular weight is 535 g/mol. The number of hydrogen-bond acceptors (Lipinski definition) is 7. The zero-order valence-electron chi connectivity index (χ0n) is 23.2. The first kappa shape index (κ1) is 25.4. The summed E-state index contributed by atoms with van der Waals surface area (Å²) in [5.74, 6) is 0.00888. The number of carbonyl (C=O) groups is 1. The molecule has 4 aromatic rings. The fraction of sp³-hybridized carbons (Fsp3) is 0.219. The molecule has 1 atom stereocenters. The molecule has 8 nitrogen and oxygen atoms in total. The Morgan fingerprint density at radius 3 is 2.25 bits per heavy atom. The zero-order chi connectivity index (χ0) is 28.5. The number of aromatic hydroxyl groups is 2. The standard InChI is InChI=1S/C32H30N4O4/c1-16-7-11-21(12-8-16)34-33-19(4)26-28(37)18(3)29(38)27-30(26)40-24-15-23-25(31(39)32(24,27)6)20(5)35-36(23)22-13-9-17(2)10-14-22/h7-15,34,37-38H,1-6H3. The molecule has 40 heavy (non-hydrogen) atoms. The number of ether oxygens (including phenoxy) is 1. The maximum atomic E-state index is 14.3. The van der Waals surface area contributed by atoms with Crippen LogP contribution in [0.4, 0.5) is 5.69 Å². The van der Waals surface area contributed by atoms with Crippen molar-refractivity contribution in [1.29, 1.82) is 0 Å². The predicted molar refractivity (Wildman–Crippen MR) is 155 cm³/mol. The van der Waals surface area contributed by atoms with Crippen molar-refractivity contribution in [2.45, 2.75) is 47.0 Å². The third-order valence-electron chi connectivity index (χ3n) is 7.93. The first-order valence-corrected chi connectivity index (χ1v) is 13.1. The molecule has 1 aliphatic heterocycles. The van der Waals surface area contributed by atoms with Crippen molar-refractivity contribution in [3.8, 4) is 22.9 Å². The lowest BCUT2D eigenvalue weighted by Crippen LogP contribution is -2.36. The fourth-order valence-corrected chi connectivity index (χ4v) is 5.51. The van der Waals surface area contributed by atoms with Crippen molar-refractivity contribution in [3.05, 3.63) is 99.1 Å². The van der Waals surface area contributed by atoms with E-state index < -0.39 is 5.41 Å². The van der Waals surface area contributed by atoms with Gasteiger partial charge in [-0.25, -0.2) is 4.68 Å². The maximum Gasteiger partial charge on any atom is 0.185 e. The molecular formula is C32H30N4O4. The lowest BCUT2D eigenvalue weighted by Gasteiger charge is -2.27. The van der Waals surface area contributed by atoms with Crippen molar-refractivity contribution in [3.63, 3.8) is 0 Å². The number of ketones is 1. The molecule has 6 rings (SSSR count). The van der Waals surface area contributed by atoms with E-state index in [1.54, 1.807) is 32.4 Å². The van der Waals surface area contributed by atoms with Crippen molar-refractivity contribution >= 4 is 23.3 Å². The highest BCUT2D eigenvalue weighted by Crippen LogP contribution is 2.58. The van der Waals surface area contributed by atoms with Gasteiger partial charge in [-0.1, -0.05) is 35.4 Å². The molecule has 3 aromatic carbocycles. The number of hydrazone groups is 1. The summed E-state index contributed by atoms with van der Waals surface area (Å²) >= 11 is 0. The van der Waals surface area contributed by atoms with Gasteiger partial charge in [-0.15, -0.1) is 0 Å². The molecule has 1 aromatic heterocycles. The van der Waals surface area contributed by atoms with E-state index in [9.17, 15) is 15.0 Å². The van der Waals surface area contributed by atoms with Gasteiger partial charge in [0.1, 0.15) is 28.4 Å². The Labute approximate surface area is 232 Å². The van der Waals surface area contributed by atoms with Gasteiger partial charge in [-0.3, -0.25) is 10.2 Å². The molecule has 0 amide bonds. The third kappa shape index (κ3) is 3.56. The molecule has 2 aliphatic rings. The highest BCUT2D eigenvalue weighted by atomic mass is 16.5. The molecule has 0 bridgehead atoms. The van der Waals surface area contributed by atoms with Gasteiger partial charge in [-0.05, 0) is 65.8 Å². The topological polar surface area (TPSA) is 109 Å². The number of phenols is 2. The molecule has 3 N–H and O–H groups in total. The Bertz CT molecular complexity index is 1780. The summed E-state index contributed by atoms with van der Waals surface area (Å²) in [5.41, 5.74) is 8.53. The monoisotopic (exact) mass is 534 g/mol. The molecule has 2 heterocycles. The molecule has 1 unspecified atom stereocenters. The number of nitrogens with zero attached hydrogens (tertiary/aromatic N) is 3. The van der Waals surface area contributed by atoms with Crippen LogP contribution in [0.25, 0.3) is 11.8 Å². The number of phenolic OH excluding ortho intramolecular Hbond substituents is 2. The number of nitrogens with one attached hydrogen (secondary N) is 1. The van der Waals surface area contributed by atoms with E-state index in [0.29, 0.717) is 39.5 Å². The number of Topliss-reactive ketones (excluding diaryl/α,β-unsaturated/α-hetero) is 1. The normalized spacial score (nSPS) is 17.6. The largest absolute Gasteiger partial charge is 0.507 e. The van der Waals surface area contributed by atoms with Crippen LogP contribution in [0.2, 0.25) is 0 Å². The number of hydrogen-bond donors (Lipinski definition) is 3. The lowest BCUT2D eigenvalue weighted by atomic mass is 9.71. The second-order valence-corrected chi connectivity index (χ2v) is 10.7. The minimum atomic E-state index is -1.31. The second-order valence-electron chi connectivity index (χ2n) is 10.7. The summed E-state index contributed by atoms with van der Waals surface area (Å²) in [6.45, 7) is 10.9. The Kier molecular flexibility index (Phi) is 5.62.